The van der Waals surface area contributed by atoms with Gasteiger partial charge in [-0.05, 0) is 60.7 Å². The number of fused-ring (bicyclic) bond motifs is 9. The van der Waals surface area contributed by atoms with Crippen molar-refractivity contribution in [2.45, 2.75) is 0 Å². The molecule has 0 atom stereocenters. The van der Waals surface area contributed by atoms with Crippen molar-refractivity contribution in [2.24, 2.45) is 0 Å². The summed E-state index contributed by atoms with van der Waals surface area (Å²) in [6.45, 7) is 0. The second-order valence-corrected chi connectivity index (χ2v) is 13.0. The van der Waals surface area contributed by atoms with Crippen LogP contribution >= 0.6 is 0 Å². The van der Waals surface area contributed by atoms with Crippen LogP contribution in [0.5, 0.6) is 0 Å². The van der Waals surface area contributed by atoms with Crippen LogP contribution in [0.4, 0.5) is 0 Å². The lowest BCUT2D eigenvalue weighted by atomic mass is 10.1. The number of furan rings is 1. The van der Waals surface area contributed by atoms with Crippen LogP contribution in [0.2, 0.25) is 0 Å². The minimum atomic E-state index is 0.675. The van der Waals surface area contributed by atoms with Gasteiger partial charge in [0.25, 0.3) is 0 Å². The smallest absolute Gasteiger partial charge is 0.180 e. The largest absolute Gasteiger partial charge is 0.452 e. The first-order valence-electron chi connectivity index (χ1n) is 17.2. The van der Waals surface area contributed by atoms with Crippen LogP contribution in [-0.2, 0) is 0 Å². The molecule has 0 aliphatic heterocycles. The second kappa shape index (κ2) is 10.8. The van der Waals surface area contributed by atoms with Gasteiger partial charge in [-0.1, -0.05) is 109 Å². The molecule has 238 valence electrons. The summed E-state index contributed by atoms with van der Waals surface area (Å²) >= 11 is 0. The number of hydrogen-bond donors (Lipinski definition) is 0. The van der Waals surface area contributed by atoms with Gasteiger partial charge in [0.15, 0.2) is 11.4 Å². The number of nitrogens with zero attached hydrogens (tertiary/aromatic N) is 4. The van der Waals surface area contributed by atoms with Gasteiger partial charge in [-0.15, -0.1) is 0 Å². The SMILES string of the molecule is c1ccc(-c2nc(-c3ccc(-n4c5ccccc5c5cc6c7ccccc7n(-c7ccccc7)c6cc54)cc3)c3oc4ccccc4c3n2)cc1. The Morgan fingerprint density at radius 1 is 0.392 bits per heavy atom. The Morgan fingerprint density at radius 3 is 1.61 bits per heavy atom. The number of rotatable bonds is 4. The molecule has 0 radical (unpaired) electrons. The third-order valence-corrected chi connectivity index (χ3v) is 10.1. The average Bonchev–Trinajstić information content (AvgIpc) is 3.85. The highest BCUT2D eigenvalue weighted by Crippen LogP contribution is 2.40. The monoisotopic (exact) mass is 652 g/mol. The van der Waals surface area contributed by atoms with Crippen LogP contribution in [-0.4, -0.2) is 19.1 Å². The van der Waals surface area contributed by atoms with Gasteiger partial charge < -0.3 is 13.6 Å². The maximum Gasteiger partial charge on any atom is 0.180 e. The zero-order valence-corrected chi connectivity index (χ0v) is 27.4. The fraction of sp³-hybridized carbons (Fsp3) is 0. The van der Waals surface area contributed by atoms with E-state index in [1.807, 2.05) is 48.5 Å². The lowest BCUT2D eigenvalue weighted by Crippen LogP contribution is -1.97. The van der Waals surface area contributed by atoms with E-state index in [4.69, 9.17) is 14.4 Å². The molecule has 51 heavy (non-hydrogen) atoms. The van der Waals surface area contributed by atoms with Crippen molar-refractivity contribution in [3.8, 4) is 34.0 Å². The Bertz CT molecular complexity index is 3120. The van der Waals surface area contributed by atoms with E-state index in [0.29, 0.717) is 11.4 Å². The Balaban J connectivity index is 1.14. The van der Waals surface area contributed by atoms with Gasteiger partial charge >= 0.3 is 0 Å². The molecular formula is C46H28N4O. The lowest BCUT2D eigenvalue weighted by molar-refractivity contribution is 0.667. The van der Waals surface area contributed by atoms with Gasteiger partial charge in [-0.2, -0.15) is 0 Å². The summed E-state index contributed by atoms with van der Waals surface area (Å²) in [5, 5.41) is 5.92. The molecule has 0 unspecified atom stereocenters. The fourth-order valence-corrected chi connectivity index (χ4v) is 7.84. The summed E-state index contributed by atoms with van der Waals surface area (Å²) in [5.74, 6) is 0.675. The van der Waals surface area contributed by atoms with Gasteiger partial charge in [0.1, 0.15) is 16.8 Å². The Kier molecular flexibility index (Phi) is 5.89. The third kappa shape index (κ3) is 4.15. The molecule has 4 aromatic heterocycles. The Hall–Kier alpha value is -6.98. The Labute approximate surface area is 292 Å². The molecule has 0 fully saturated rings. The highest BCUT2D eigenvalue weighted by Gasteiger charge is 2.20. The number of aromatic nitrogens is 4. The molecule has 0 bridgehead atoms. The molecule has 11 rings (SSSR count). The zero-order chi connectivity index (χ0) is 33.5. The van der Waals surface area contributed by atoms with Crippen molar-refractivity contribution in [3.05, 3.63) is 170 Å². The van der Waals surface area contributed by atoms with Crippen molar-refractivity contribution in [1.29, 1.82) is 0 Å². The van der Waals surface area contributed by atoms with E-state index in [1.165, 1.54) is 32.6 Å². The average molecular weight is 653 g/mol. The maximum atomic E-state index is 6.43. The lowest BCUT2D eigenvalue weighted by Gasteiger charge is -2.11. The first kappa shape index (κ1) is 27.9. The van der Waals surface area contributed by atoms with Crippen LogP contribution in [0.25, 0.3) is 99.7 Å². The fourth-order valence-electron chi connectivity index (χ4n) is 7.84. The van der Waals surface area contributed by atoms with Crippen LogP contribution in [0.15, 0.2) is 174 Å². The molecule has 0 N–H and O–H groups in total. The van der Waals surface area contributed by atoms with Crippen molar-refractivity contribution < 1.29 is 4.42 Å². The molecule has 5 heteroatoms. The summed E-state index contributed by atoms with van der Waals surface area (Å²) in [6, 6.07) is 59.7. The molecule has 4 heterocycles. The molecular weight excluding hydrogens is 625 g/mol. The zero-order valence-electron chi connectivity index (χ0n) is 27.4. The molecule has 0 saturated carbocycles. The molecule has 7 aromatic carbocycles. The third-order valence-electron chi connectivity index (χ3n) is 10.1. The van der Waals surface area contributed by atoms with E-state index < -0.39 is 0 Å². The highest BCUT2D eigenvalue weighted by molar-refractivity contribution is 6.19. The van der Waals surface area contributed by atoms with Crippen LogP contribution < -0.4 is 0 Å². The van der Waals surface area contributed by atoms with Crippen LogP contribution in [0.1, 0.15) is 0 Å². The van der Waals surface area contributed by atoms with Crippen LogP contribution in [0, 0.1) is 0 Å². The van der Waals surface area contributed by atoms with Crippen molar-refractivity contribution in [3.63, 3.8) is 0 Å². The number of hydrogen-bond acceptors (Lipinski definition) is 3. The predicted octanol–water partition coefficient (Wildman–Crippen LogP) is 11.9. The predicted molar refractivity (Wildman–Crippen MR) is 209 cm³/mol. The summed E-state index contributed by atoms with van der Waals surface area (Å²) in [7, 11) is 0. The molecule has 0 aliphatic rings. The molecule has 0 aliphatic carbocycles. The summed E-state index contributed by atoms with van der Waals surface area (Å²) in [6.07, 6.45) is 0. The normalized spacial score (nSPS) is 11.9. The molecule has 0 saturated heterocycles. The summed E-state index contributed by atoms with van der Waals surface area (Å²) in [5.41, 5.74) is 11.9. The van der Waals surface area contributed by atoms with Gasteiger partial charge in [0.2, 0.25) is 0 Å². The minimum absolute atomic E-state index is 0.675. The molecule has 11 aromatic rings. The first-order chi connectivity index (χ1) is 25.3. The summed E-state index contributed by atoms with van der Waals surface area (Å²) in [4.78, 5) is 10.1. The maximum absolute atomic E-state index is 6.43. The van der Waals surface area contributed by atoms with Gasteiger partial charge in [0, 0.05) is 49.4 Å². The molecule has 0 amide bonds. The van der Waals surface area contributed by atoms with E-state index in [0.717, 1.165) is 55.7 Å². The Morgan fingerprint density at radius 2 is 0.941 bits per heavy atom. The number of para-hydroxylation sites is 4. The van der Waals surface area contributed by atoms with Crippen molar-refractivity contribution in [2.75, 3.05) is 0 Å². The topological polar surface area (TPSA) is 48.8 Å². The van der Waals surface area contributed by atoms with E-state index in [9.17, 15) is 0 Å². The van der Waals surface area contributed by atoms with E-state index in [2.05, 4.69) is 130 Å². The van der Waals surface area contributed by atoms with E-state index >= 15 is 0 Å². The van der Waals surface area contributed by atoms with E-state index in [1.54, 1.807) is 0 Å². The van der Waals surface area contributed by atoms with Crippen molar-refractivity contribution in [1.82, 2.24) is 19.1 Å². The minimum Gasteiger partial charge on any atom is -0.452 e. The van der Waals surface area contributed by atoms with E-state index in [-0.39, 0.29) is 0 Å². The van der Waals surface area contributed by atoms with Gasteiger partial charge in [0.05, 0.1) is 22.1 Å². The molecule has 0 spiro atoms. The second-order valence-electron chi connectivity index (χ2n) is 13.0. The van der Waals surface area contributed by atoms with Gasteiger partial charge in [-0.25, -0.2) is 9.97 Å². The van der Waals surface area contributed by atoms with Crippen molar-refractivity contribution >= 4 is 65.7 Å². The molecule has 5 nitrogen and oxygen atoms in total. The number of benzene rings is 7. The summed E-state index contributed by atoms with van der Waals surface area (Å²) < 4.78 is 11.2. The highest BCUT2D eigenvalue weighted by atomic mass is 16.3. The first-order valence-corrected chi connectivity index (χ1v) is 17.2. The quantitative estimate of drug-likeness (QED) is 0.190. The van der Waals surface area contributed by atoms with Gasteiger partial charge in [-0.3, -0.25) is 0 Å². The van der Waals surface area contributed by atoms with Crippen LogP contribution in [0.3, 0.4) is 0 Å². The standard InChI is InChI=1S/C46H28N4O/c1-3-13-30(14-4-1)46-47-43(45-44(48-46)35-19-9-12-22-42(35)51-45)29-23-25-32(26-24-29)50-39-21-11-8-18-34(39)37-27-36-33-17-7-10-20-38(33)49(40(36)28-41(37)50)31-15-5-2-6-16-31/h1-28H.